The first-order valence-corrected chi connectivity index (χ1v) is 8.51. The average molecular weight is 410 g/mol. The fourth-order valence-corrected chi connectivity index (χ4v) is 3.64. The van der Waals surface area contributed by atoms with E-state index in [0.29, 0.717) is 4.40 Å². The smallest absolute Gasteiger partial charge is 0.354 e. The van der Waals surface area contributed by atoms with Crippen molar-refractivity contribution in [2.75, 3.05) is 7.05 Å². The van der Waals surface area contributed by atoms with Crippen LogP contribution in [0.15, 0.2) is 29.1 Å². The standard InChI is InChI=1S/C17H10F4N4O2S/c1-23-15(27)13-14(17(19,20)21)28-16-24-10(6-11(26)25(13)16)5-8-3-2-4-9(7-22)12(8)18/h2-4,6H,5H2,1H3,(H,23,27). The predicted octanol–water partition coefficient (Wildman–Crippen LogP) is 2.74. The molecular weight excluding hydrogens is 400 g/mol. The number of fused-ring (bicyclic) bond motifs is 1. The van der Waals surface area contributed by atoms with Crippen LogP contribution in [-0.4, -0.2) is 22.3 Å². The molecule has 1 N–H and O–H groups in total. The number of alkyl halides is 3. The van der Waals surface area contributed by atoms with Crippen molar-refractivity contribution in [2.24, 2.45) is 0 Å². The first-order valence-electron chi connectivity index (χ1n) is 7.69. The minimum absolute atomic E-state index is 0.0115. The molecule has 2 aromatic heterocycles. The minimum Gasteiger partial charge on any atom is -0.354 e. The molecule has 0 aliphatic carbocycles. The second-order valence-corrected chi connectivity index (χ2v) is 6.61. The summed E-state index contributed by atoms with van der Waals surface area (Å²) in [6.07, 6.45) is -5.07. The van der Waals surface area contributed by atoms with Crippen molar-refractivity contribution in [3.05, 3.63) is 67.8 Å². The van der Waals surface area contributed by atoms with Crippen LogP contribution in [0.4, 0.5) is 17.6 Å². The number of hydrogen-bond donors (Lipinski definition) is 1. The Hall–Kier alpha value is -3.26. The summed E-state index contributed by atoms with van der Waals surface area (Å²) in [6.45, 7) is 0. The van der Waals surface area contributed by atoms with Crippen molar-refractivity contribution >= 4 is 22.2 Å². The molecule has 0 bridgehead atoms. The molecule has 3 rings (SSSR count). The minimum atomic E-state index is -4.86. The lowest BCUT2D eigenvalue weighted by Gasteiger charge is -2.07. The van der Waals surface area contributed by atoms with Gasteiger partial charge in [-0.2, -0.15) is 18.4 Å². The van der Waals surface area contributed by atoms with E-state index in [9.17, 15) is 27.2 Å². The Bertz CT molecular complexity index is 1190. The highest BCUT2D eigenvalue weighted by atomic mass is 32.1. The summed E-state index contributed by atoms with van der Waals surface area (Å²) in [7, 11) is 1.14. The van der Waals surface area contributed by atoms with E-state index in [2.05, 4.69) is 10.3 Å². The number of thiazole rings is 1. The first kappa shape index (κ1) is 19.5. The quantitative estimate of drug-likeness (QED) is 0.673. The van der Waals surface area contributed by atoms with E-state index in [1.54, 1.807) is 6.07 Å². The van der Waals surface area contributed by atoms with E-state index >= 15 is 0 Å². The van der Waals surface area contributed by atoms with Gasteiger partial charge in [-0.25, -0.2) is 13.8 Å². The van der Waals surface area contributed by atoms with Crippen LogP contribution in [0.25, 0.3) is 4.96 Å². The molecule has 0 atom stereocenters. The highest BCUT2D eigenvalue weighted by Gasteiger charge is 2.40. The molecule has 0 unspecified atom stereocenters. The number of halogens is 4. The molecule has 144 valence electrons. The summed E-state index contributed by atoms with van der Waals surface area (Å²) in [5.41, 5.74) is -1.88. The van der Waals surface area contributed by atoms with Gasteiger partial charge in [-0.05, 0) is 11.6 Å². The Morgan fingerprint density at radius 3 is 2.71 bits per heavy atom. The van der Waals surface area contributed by atoms with E-state index in [1.165, 1.54) is 18.2 Å². The van der Waals surface area contributed by atoms with Gasteiger partial charge in [0, 0.05) is 19.5 Å². The number of benzene rings is 1. The van der Waals surface area contributed by atoms with Gasteiger partial charge in [0.1, 0.15) is 22.5 Å². The number of carbonyl (C=O) groups is 1. The van der Waals surface area contributed by atoms with Gasteiger partial charge in [-0.3, -0.25) is 9.59 Å². The van der Waals surface area contributed by atoms with Gasteiger partial charge in [-0.15, -0.1) is 0 Å². The summed E-state index contributed by atoms with van der Waals surface area (Å²) in [5.74, 6) is -1.87. The van der Waals surface area contributed by atoms with E-state index in [-0.39, 0.29) is 39.5 Å². The van der Waals surface area contributed by atoms with Crippen molar-refractivity contribution in [3.63, 3.8) is 0 Å². The number of hydrogen-bond acceptors (Lipinski definition) is 5. The Morgan fingerprint density at radius 2 is 2.11 bits per heavy atom. The van der Waals surface area contributed by atoms with Gasteiger partial charge in [0.15, 0.2) is 4.96 Å². The Labute approximate surface area is 158 Å². The fraction of sp³-hybridized carbons (Fsp3) is 0.176. The second kappa shape index (κ2) is 7.05. The third-order valence-corrected chi connectivity index (χ3v) is 4.93. The molecule has 0 saturated heterocycles. The molecule has 0 aliphatic rings. The summed E-state index contributed by atoms with van der Waals surface area (Å²) >= 11 is 0.145. The number of carbonyl (C=O) groups excluding carboxylic acids is 1. The molecule has 2 heterocycles. The molecule has 0 aliphatic heterocycles. The molecule has 1 amide bonds. The molecule has 0 saturated carbocycles. The molecule has 1 aromatic carbocycles. The fourth-order valence-electron chi connectivity index (χ4n) is 2.63. The van der Waals surface area contributed by atoms with Gasteiger partial charge in [0.2, 0.25) is 0 Å². The number of nitriles is 1. The molecule has 3 aromatic rings. The van der Waals surface area contributed by atoms with Gasteiger partial charge >= 0.3 is 6.18 Å². The summed E-state index contributed by atoms with van der Waals surface area (Å²) < 4.78 is 54.7. The maximum Gasteiger partial charge on any atom is 0.427 e. The molecule has 0 fully saturated rings. The van der Waals surface area contributed by atoms with Gasteiger partial charge < -0.3 is 5.32 Å². The third-order valence-electron chi connectivity index (χ3n) is 3.84. The second-order valence-electron chi connectivity index (χ2n) is 5.63. The van der Waals surface area contributed by atoms with Gasteiger partial charge in [0.25, 0.3) is 11.5 Å². The summed E-state index contributed by atoms with van der Waals surface area (Å²) in [4.78, 5) is 26.7. The number of rotatable bonds is 3. The van der Waals surface area contributed by atoms with Crippen molar-refractivity contribution in [3.8, 4) is 6.07 Å². The third kappa shape index (κ3) is 3.34. The molecule has 11 heteroatoms. The summed E-state index contributed by atoms with van der Waals surface area (Å²) in [5, 5.41) is 11.0. The molecular formula is C17H10F4N4O2S. The lowest BCUT2D eigenvalue weighted by atomic mass is 10.1. The van der Waals surface area contributed by atoms with Crippen molar-refractivity contribution in [1.29, 1.82) is 5.26 Å². The van der Waals surface area contributed by atoms with E-state index in [1.807, 2.05) is 0 Å². The number of amides is 1. The van der Waals surface area contributed by atoms with Crippen molar-refractivity contribution < 1.29 is 22.4 Å². The largest absolute Gasteiger partial charge is 0.427 e. The monoisotopic (exact) mass is 410 g/mol. The SMILES string of the molecule is CNC(=O)c1c(C(F)(F)F)sc2nc(Cc3cccc(C#N)c3F)cc(=O)n12. The number of nitrogens with zero attached hydrogens (tertiary/aromatic N) is 3. The number of aromatic nitrogens is 2. The highest BCUT2D eigenvalue weighted by Crippen LogP contribution is 2.37. The lowest BCUT2D eigenvalue weighted by molar-refractivity contribution is -0.134. The van der Waals surface area contributed by atoms with Crippen molar-refractivity contribution in [2.45, 2.75) is 12.6 Å². The van der Waals surface area contributed by atoms with Crippen LogP contribution in [0.2, 0.25) is 0 Å². The van der Waals surface area contributed by atoms with E-state index in [0.717, 1.165) is 13.1 Å². The maximum atomic E-state index is 14.2. The first-order chi connectivity index (χ1) is 13.2. The van der Waals surface area contributed by atoms with E-state index in [4.69, 9.17) is 5.26 Å². The van der Waals surface area contributed by atoms with Crippen LogP contribution in [0.3, 0.4) is 0 Å². The normalized spacial score (nSPS) is 11.4. The maximum absolute atomic E-state index is 14.2. The molecule has 0 spiro atoms. The topological polar surface area (TPSA) is 87.3 Å². The lowest BCUT2D eigenvalue weighted by Crippen LogP contribution is -2.27. The Balaban J connectivity index is 2.18. The van der Waals surface area contributed by atoms with Crippen LogP contribution in [0.5, 0.6) is 0 Å². The van der Waals surface area contributed by atoms with Gasteiger partial charge in [0.05, 0.1) is 11.3 Å². The zero-order chi connectivity index (χ0) is 20.6. The molecule has 6 nitrogen and oxygen atoms in total. The Kier molecular flexibility index (Phi) is 4.91. The van der Waals surface area contributed by atoms with E-state index < -0.39 is 34.0 Å². The van der Waals surface area contributed by atoms with Crippen LogP contribution in [-0.2, 0) is 12.6 Å². The van der Waals surface area contributed by atoms with Crippen LogP contribution >= 0.6 is 11.3 Å². The van der Waals surface area contributed by atoms with Crippen molar-refractivity contribution in [1.82, 2.24) is 14.7 Å². The average Bonchev–Trinajstić information content (AvgIpc) is 3.03. The van der Waals surface area contributed by atoms with Gasteiger partial charge in [-0.1, -0.05) is 23.5 Å². The van der Waals surface area contributed by atoms with Crippen LogP contribution in [0.1, 0.15) is 32.2 Å². The van der Waals surface area contributed by atoms with Crippen LogP contribution < -0.4 is 10.9 Å². The molecule has 28 heavy (non-hydrogen) atoms. The zero-order valence-electron chi connectivity index (χ0n) is 14.1. The van der Waals surface area contributed by atoms with Crippen LogP contribution in [0, 0.1) is 17.1 Å². The predicted molar refractivity (Wildman–Crippen MR) is 91.7 cm³/mol. The Morgan fingerprint density at radius 1 is 1.39 bits per heavy atom. The zero-order valence-corrected chi connectivity index (χ0v) is 14.9. The molecule has 0 radical (unpaired) electrons. The number of nitrogens with one attached hydrogen (secondary N) is 1. The summed E-state index contributed by atoms with van der Waals surface area (Å²) in [6, 6.07) is 6.71. The highest BCUT2D eigenvalue weighted by molar-refractivity contribution is 7.17.